The second-order valence-electron chi connectivity index (χ2n) is 4.44. The van der Waals surface area contributed by atoms with Gasteiger partial charge in [-0.25, -0.2) is 0 Å². The van der Waals surface area contributed by atoms with Crippen LogP contribution in [-0.2, 0) is 14.2 Å². The van der Waals surface area contributed by atoms with Gasteiger partial charge in [0.15, 0.2) is 0 Å². The summed E-state index contributed by atoms with van der Waals surface area (Å²) in [6.07, 6.45) is 6.15. The standard InChI is InChI=1S/C14H29ClO4/c1-2-3-4-5-6-14(13-15)19-12-11-18-10-9-17-8-7-16/h14,16H,2-13H2,1H3/t14-/m1/s1. The summed E-state index contributed by atoms with van der Waals surface area (Å²) in [5, 5.41) is 8.50. The fourth-order valence-corrected chi connectivity index (χ4v) is 1.91. The Morgan fingerprint density at radius 3 is 2.26 bits per heavy atom. The van der Waals surface area contributed by atoms with Gasteiger partial charge in [-0.15, -0.1) is 11.6 Å². The molecule has 0 spiro atoms. The maximum Gasteiger partial charge on any atom is 0.0711 e. The zero-order valence-corrected chi connectivity index (χ0v) is 12.9. The largest absolute Gasteiger partial charge is 0.394 e. The Balaban J connectivity index is 3.26. The average Bonchev–Trinajstić information content (AvgIpc) is 2.44. The van der Waals surface area contributed by atoms with Crippen molar-refractivity contribution in [3.63, 3.8) is 0 Å². The fourth-order valence-electron chi connectivity index (χ4n) is 1.66. The van der Waals surface area contributed by atoms with Crippen LogP contribution in [0.4, 0.5) is 0 Å². The molecule has 19 heavy (non-hydrogen) atoms. The van der Waals surface area contributed by atoms with E-state index in [1.807, 2.05) is 0 Å². The second kappa shape index (κ2) is 16.2. The van der Waals surface area contributed by atoms with Crippen LogP contribution in [0.15, 0.2) is 0 Å². The van der Waals surface area contributed by atoms with E-state index in [4.69, 9.17) is 30.9 Å². The quantitative estimate of drug-likeness (QED) is 0.373. The Morgan fingerprint density at radius 2 is 1.63 bits per heavy atom. The summed E-state index contributed by atoms with van der Waals surface area (Å²) in [7, 11) is 0. The molecule has 0 saturated heterocycles. The summed E-state index contributed by atoms with van der Waals surface area (Å²) in [5.41, 5.74) is 0. The van der Waals surface area contributed by atoms with Crippen molar-refractivity contribution in [3.8, 4) is 0 Å². The molecular formula is C14H29ClO4. The van der Waals surface area contributed by atoms with Crippen LogP contribution < -0.4 is 0 Å². The second-order valence-corrected chi connectivity index (χ2v) is 4.75. The SMILES string of the molecule is CCCCCC[C@H](CCl)OCCOCCOCCO. The Kier molecular flexibility index (Phi) is 16.3. The number of unbranched alkanes of at least 4 members (excludes halogenated alkanes) is 3. The lowest BCUT2D eigenvalue weighted by molar-refractivity contribution is -0.0112. The minimum atomic E-state index is 0.0541. The first-order valence-electron chi connectivity index (χ1n) is 7.29. The molecule has 0 aromatic heterocycles. The van der Waals surface area contributed by atoms with Crippen LogP contribution in [0, 0.1) is 0 Å². The van der Waals surface area contributed by atoms with Crippen molar-refractivity contribution < 1.29 is 19.3 Å². The number of ether oxygens (including phenoxy) is 3. The number of aliphatic hydroxyl groups is 1. The van der Waals surface area contributed by atoms with Gasteiger partial charge in [0.05, 0.1) is 45.7 Å². The van der Waals surface area contributed by atoms with Crippen molar-refractivity contribution >= 4 is 11.6 Å². The smallest absolute Gasteiger partial charge is 0.0711 e. The summed E-state index contributed by atoms with van der Waals surface area (Å²) >= 11 is 5.87. The van der Waals surface area contributed by atoms with Gasteiger partial charge in [-0.05, 0) is 6.42 Å². The van der Waals surface area contributed by atoms with Crippen molar-refractivity contribution in [2.24, 2.45) is 0 Å². The summed E-state index contributed by atoms with van der Waals surface area (Å²) in [6.45, 7) is 4.81. The lowest BCUT2D eigenvalue weighted by Crippen LogP contribution is -2.19. The third-order valence-electron chi connectivity index (χ3n) is 2.74. The van der Waals surface area contributed by atoms with Gasteiger partial charge in [-0.1, -0.05) is 32.6 Å². The Morgan fingerprint density at radius 1 is 0.947 bits per heavy atom. The van der Waals surface area contributed by atoms with Crippen molar-refractivity contribution in [1.29, 1.82) is 0 Å². The normalized spacial score (nSPS) is 12.8. The van der Waals surface area contributed by atoms with E-state index in [9.17, 15) is 0 Å². The van der Waals surface area contributed by atoms with Crippen LogP contribution in [0.5, 0.6) is 0 Å². The highest BCUT2D eigenvalue weighted by molar-refractivity contribution is 6.18. The number of aliphatic hydroxyl groups excluding tert-OH is 1. The van der Waals surface area contributed by atoms with Crippen LogP contribution >= 0.6 is 11.6 Å². The van der Waals surface area contributed by atoms with Gasteiger partial charge < -0.3 is 19.3 Å². The van der Waals surface area contributed by atoms with Gasteiger partial charge in [0.2, 0.25) is 0 Å². The molecule has 0 heterocycles. The van der Waals surface area contributed by atoms with E-state index >= 15 is 0 Å². The highest BCUT2D eigenvalue weighted by Crippen LogP contribution is 2.09. The van der Waals surface area contributed by atoms with Crippen molar-refractivity contribution in [2.45, 2.75) is 45.1 Å². The lowest BCUT2D eigenvalue weighted by Gasteiger charge is -2.15. The number of hydrogen-bond acceptors (Lipinski definition) is 4. The van der Waals surface area contributed by atoms with Crippen LogP contribution in [0.1, 0.15) is 39.0 Å². The highest BCUT2D eigenvalue weighted by atomic mass is 35.5. The monoisotopic (exact) mass is 296 g/mol. The molecule has 0 radical (unpaired) electrons. The molecule has 0 rings (SSSR count). The molecule has 0 aromatic rings. The topological polar surface area (TPSA) is 47.9 Å². The molecule has 0 aliphatic carbocycles. The van der Waals surface area contributed by atoms with E-state index in [1.54, 1.807) is 0 Å². The number of alkyl halides is 1. The fraction of sp³-hybridized carbons (Fsp3) is 1.00. The van der Waals surface area contributed by atoms with E-state index in [0.717, 1.165) is 6.42 Å². The molecule has 0 fully saturated rings. The molecule has 1 N–H and O–H groups in total. The van der Waals surface area contributed by atoms with Crippen LogP contribution in [-0.4, -0.2) is 56.7 Å². The minimum absolute atomic E-state index is 0.0541. The third kappa shape index (κ3) is 14.4. The molecule has 0 unspecified atom stereocenters. The minimum Gasteiger partial charge on any atom is -0.394 e. The lowest BCUT2D eigenvalue weighted by atomic mass is 10.1. The van der Waals surface area contributed by atoms with Crippen LogP contribution in [0.3, 0.4) is 0 Å². The van der Waals surface area contributed by atoms with E-state index in [-0.39, 0.29) is 12.7 Å². The van der Waals surface area contributed by atoms with Crippen molar-refractivity contribution in [2.75, 3.05) is 45.5 Å². The molecule has 0 saturated carbocycles. The van der Waals surface area contributed by atoms with Gasteiger partial charge >= 0.3 is 0 Å². The van der Waals surface area contributed by atoms with Gasteiger partial charge in [-0.3, -0.25) is 0 Å². The average molecular weight is 297 g/mol. The molecule has 0 aromatic carbocycles. The number of rotatable bonds is 15. The van der Waals surface area contributed by atoms with Crippen LogP contribution in [0.25, 0.3) is 0 Å². The summed E-state index contributed by atoms with van der Waals surface area (Å²) in [4.78, 5) is 0. The molecule has 0 aliphatic rings. The molecule has 0 aliphatic heterocycles. The Bertz CT molecular complexity index is 170. The van der Waals surface area contributed by atoms with Crippen LogP contribution in [0.2, 0.25) is 0 Å². The Hall–Kier alpha value is 0.130. The van der Waals surface area contributed by atoms with E-state index in [0.29, 0.717) is 38.9 Å². The maximum atomic E-state index is 8.50. The first kappa shape index (κ1) is 19.1. The van der Waals surface area contributed by atoms with Gasteiger partial charge in [0.25, 0.3) is 0 Å². The third-order valence-corrected chi connectivity index (χ3v) is 3.08. The van der Waals surface area contributed by atoms with Crippen molar-refractivity contribution in [1.82, 2.24) is 0 Å². The predicted molar refractivity (Wildman–Crippen MR) is 77.9 cm³/mol. The van der Waals surface area contributed by atoms with Gasteiger partial charge in [0, 0.05) is 5.88 Å². The first-order chi connectivity index (χ1) is 9.35. The summed E-state index contributed by atoms with van der Waals surface area (Å²) in [5.74, 6) is 0.547. The maximum absolute atomic E-state index is 8.50. The molecular weight excluding hydrogens is 268 g/mol. The highest BCUT2D eigenvalue weighted by Gasteiger charge is 2.06. The summed E-state index contributed by atoms with van der Waals surface area (Å²) < 4.78 is 16.1. The molecule has 5 heteroatoms. The molecule has 1 atom stereocenters. The summed E-state index contributed by atoms with van der Waals surface area (Å²) in [6, 6.07) is 0. The zero-order chi connectivity index (χ0) is 14.2. The van der Waals surface area contributed by atoms with E-state index in [2.05, 4.69) is 6.92 Å². The van der Waals surface area contributed by atoms with E-state index < -0.39 is 0 Å². The van der Waals surface area contributed by atoms with Crippen molar-refractivity contribution in [3.05, 3.63) is 0 Å². The first-order valence-corrected chi connectivity index (χ1v) is 7.82. The predicted octanol–water partition coefficient (Wildman–Crippen LogP) is 2.61. The Labute approximate surface area is 122 Å². The molecule has 0 bridgehead atoms. The zero-order valence-electron chi connectivity index (χ0n) is 12.1. The van der Waals surface area contributed by atoms with E-state index in [1.165, 1.54) is 25.7 Å². The van der Waals surface area contributed by atoms with Gasteiger partial charge in [0.1, 0.15) is 0 Å². The molecule has 4 nitrogen and oxygen atoms in total. The molecule has 0 amide bonds. The molecule has 116 valence electrons. The number of halogens is 1. The number of hydrogen-bond donors (Lipinski definition) is 1. The van der Waals surface area contributed by atoms with Gasteiger partial charge in [-0.2, -0.15) is 0 Å².